The molecule has 1 unspecified atom stereocenters. The second kappa shape index (κ2) is 4.40. The van der Waals surface area contributed by atoms with Crippen molar-refractivity contribution in [1.29, 1.82) is 0 Å². The fourth-order valence-corrected chi connectivity index (χ4v) is 1.33. The van der Waals surface area contributed by atoms with Gasteiger partial charge in [-0.15, -0.1) is 11.6 Å². The molecular formula is C10H7ClF6. The number of alkyl halides is 7. The molecule has 7 heteroatoms. The molecule has 1 aromatic rings. The Hall–Kier alpha value is -0.910. The van der Waals surface area contributed by atoms with Gasteiger partial charge in [0.25, 0.3) is 0 Å². The van der Waals surface area contributed by atoms with Crippen molar-refractivity contribution in [3.8, 4) is 0 Å². The van der Waals surface area contributed by atoms with E-state index in [1.807, 2.05) is 0 Å². The van der Waals surface area contributed by atoms with Crippen LogP contribution in [-0.4, -0.2) is 0 Å². The third-order valence-corrected chi connectivity index (χ3v) is 2.32. The van der Waals surface area contributed by atoms with Crippen LogP contribution in [0.3, 0.4) is 0 Å². The number of benzene rings is 1. The van der Waals surface area contributed by atoms with Gasteiger partial charge >= 0.3 is 12.4 Å². The molecule has 0 aliphatic rings. The Labute approximate surface area is 98.2 Å². The Morgan fingerprint density at radius 1 is 0.882 bits per heavy atom. The van der Waals surface area contributed by atoms with Crippen molar-refractivity contribution >= 4 is 11.6 Å². The molecule has 96 valence electrons. The van der Waals surface area contributed by atoms with Crippen LogP contribution in [0.15, 0.2) is 18.2 Å². The summed E-state index contributed by atoms with van der Waals surface area (Å²) in [6, 6.07) is 1.31. The third-order valence-electron chi connectivity index (χ3n) is 2.07. The summed E-state index contributed by atoms with van der Waals surface area (Å²) in [5, 5.41) is -0.932. The second-order valence-electron chi connectivity index (χ2n) is 3.46. The average Bonchev–Trinajstić information content (AvgIpc) is 2.14. The summed E-state index contributed by atoms with van der Waals surface area (Å²) in [4.78, 5) is 0. The molecule has 0 radical (unpaired) electrons. The first-order chi connectivity index (χ1) is 7.51. The van der Waals surface area contributed by atoms with Gasteiger partial charge in [0.05, 0.1) is 16.5 Å². The highest BCUT2D eigenvalue weighted by Crippen LogP contribution is 2.38. The predicted octanol–water partition coefficient (Wildman–Crippen LogP) is 5.02. The Kier molecular flexibility index (Phi) is 3.66. The van der Waals surface area contributed by atoms with Crippen LogP contribution in [0.4, 0.5) is 26.3 Å². The van der Waals surface area contributed by atoms with E-state index in [2.05, 4.69) is 0 Å². The van der Waals surface area contributed by atoms with Gasteiger partial charge < -0.3 is 0 Å². The lowest BCUT2D eigenvalue weighted by Gasteiger charge is -2.14. The van der Waals surface area contributed by atoms with E-state index in [0.717, 1.165) is 0 Å². The number of hydrogen-bond acceptors (Lipinski definition) is 0. The average molecular weight is 277 g/mol. The largest absolute Gasteiger partial charge is 0.416 e. The van der Waals surface area contributed by atoms with E-state index in [1.54, 1.807) is 0 Å². The monoisotopic (exact) mass is 276 g/mol. The van der Waals surface area contributed by atoms with Gasteiger partial charge in [0.15, 0.2) is 0 Å². The molecule has 0 N–H and O–H groups in total. The summed E-state index contributed by atoms with van der Waals surface area (Å²) >= 11 is 5.51. The molecule has 0 aliphatic heterocycles. The van der Waals surface area contributed by atoms with E-state index in [-0.39, 0.29) is 11.6 Å². The van der Waals surface area contributed by atoms with Crippen LogP contribution in [0.5, 0.6) is 0 Å². The lowest BCUT2D eigenvalue weighted by Crippen LogP contribution is -2.11. The van der Waals surface area contributed by atoms with Gasteiger partial charge in [0, 0.05) is 0 Å². The quantitative estimate of drug-likeness (QED) is 0.499. The van der Waals surface area contributed by atoms with Crippen molar-refractivity contribution in [1.82, 2.24) is 0 Å². The van der Waals surface area contributed by atoms with Crippen LogP contribution in [0, 0.1) is 0 Å². The molecule has 1 rings (SSSR count). The Morgan fingerprint density at radius 3 is 1.47 bits per heavy atom. The minimum Gasteiger partial charge on any atom is -0.166 e. The van der Waals surface area contributed by atoms with Crippen LogP contribution in [0.1, 0.15) is 29.0 Å². The van der Waals surface area contributed by atoms with Crippen LogP contribution < -0.4 is 0 Å². The molecule has 0 aromatic heterocycles. The molecule has 17 heavy (non-hydrogen) atoms. The molecule has 0 nitrogen and oxygen atoms in total. The van der Waals surface area contributed by atoms with E-state index in [9.17, 15) is 26.3 Å². The highest BCUT2D eigenvalue weighted by molar-refractivity contribution is 6.20. The van der Waals surface area contributed by atoms with Crippen molar-refractivity contribution < 1.29 is 26.3 Å². The zero-order chi connectivity index (χ0) is 13.4. The van der Waals surface area contributed by atoms with E-state index >= 15 is 0 Å². The molecule has 0 saturated heterocycles. The second-order valence-corrected chi connectivity index (χ2v) is 4.11. The summed E-state index contributed by atoms with van der Waals surface area (Å²) in [5.74, 6) is 0. The minimum atomic E-state index is -4.83. The maximum Gasteiger partial charge on any atom is 0.416 e. The van der Waals surface area contributed by atoms with Crippen molar-refractivity contribution in [3.63, 3.8) is 0 Å². The number of hydrogen-bond donors (Lipinski definition) is 0. The summed E-state index contributed by atoms with van der Waals surface area (Å²) in [7, 11) is 0. The van der Waals surface area contributed by atoms with Crippen molar-refractivity contribution in [2.24, 2.45) is 0 Å². The normalized spacial score (nSPS) is 14.8. The predicted molar refractivity (Wildman–Crippen MR) is 50.7 cm³/mol. The first-order valence-corrected chi connectivity index (χ1v) is 4.89. The molecule has 0 bridgehead atoms. The Morgan fingerprint density at radius 2 is 1.24 bits per heavy atom. The van der Waals surface area contributed by atoms with E-state index < -0.39 is 28.9 Å². The van der Waals surface area contributed by atoms with Gasteiger partial charge in [-0.25, -0.2) is 0 Å². The van der Waals surface area contributed by atoms with Crippen molar-refractivity contribution in [3.05, 3.63) is 34.9 Å². The zero-order valence-corrected chi connectivity index (χ0v) is 9.21. The van der Waals surface area contributed by atoms with Gasteiger partial charge in [-0.05, 0) is 30.7 Å². The zero-order valence-electron chi connectivity index (χ0n) is 8.46. The van der Waals surface area contributed by atoms with Gasteiger partial charge in [0.1, 0.15) is 0 Å². The fraction of sp³-hybridized carbons (Fsp3) is 0.400. The van der Waals surface area contributed by atoms with Gasteiger partial charge in [-0.1, -0.05) is 0 Å². The SMILES string of the molecule is CC(Cl)c1cc(C(F)(F)F)cc(C(F)(F)F)c1. The van der Waals surface area contributed by atoms with Gasteiger partial charge in [0.2, 0.25) is 0 Å². The van der Waals surface area contributed by atoms with Crippen LogP contribution >= 0.6 is 11.6 Å². The topological polar surface area (TPSA) is 0 Å². The Bertz CT molecular complexity index is 372. The lowest BCUT2D eigenvalue weighted by atomic mass is 10.0. The fourth-order valence-electron chi connectivity index (χ4n) is 1.21. The summed E-state index contributed by atoms with van der Waals surface area (Å²) in [5.41, 5.74) is -2.92. The smallest absolute Gasteiger partial charge is 0.166 e. The maximum absolute atomic E-state index is 12.4. The van der Waals surface area contributed by atoms with E-state index in [1.165, 1.54) is 6.92 Å². The molecule has 0 heterocycles. The molecule has 0 amide bonds. The van der Waals surface area contributed by atoms with Crippen LogP contribution in [0.25, 0.3) is 0 Å². The molecular weight excluding hydrogens is 270 g/mol. The van der Waals surface area contributed by atoms with Crippen LogP contribution in [0.2, 0.25) is 0 Å². The number of halogens is 7. The maximum atomic E-state index is 12.4. The first-order valence-electron chi connectivity index (χ1n) is 4.45. The standard InChI is InChI=1S/C10H7ClF6/c1-5(11)6-2-7(9(12,13)14)4-8(3-6)10(15,16)17/h2-5H,1H3. The molecule has 0 saturated carbocycles. The summed E-state index contributed by atoms with van der Waals surface area (Å²) in [6.07, 6.45) is -9.66. The van der Waals surface area contributed by atoms with Gasteiger partial charge in [-0.3, -0.25) is 0 Å². The van der Waals surface area contributed by atoms with E-state index in [0.29, 0.717) is 12.1 Å². The molecule has 1 aromatic carbocycles. The minimum absolute atomic E-state index is 0.0722. The van der Waals surface area contributed by atoms with Gasteiger partial charge in [-0.2, -0.15) is 26.3 Å². The Balaban J connectivity index is 3.40. The summed E-state index contributed by atoms with van der Waals surface area (Å²) in [6.45, 7) is 1.30. The molecule has 0 spiro atoms. The van der Waals surface area contributed by atoms with Crippen molar-refractivity contribution in [2.75, 3.05) is 0 Å². The van der Waals surface area contributed by atoms with Crippen molar-refractivity contribution in [2.45, 2.75) is 24.7 Å². The highest BCUT2D eigenvalue weighted by Gasteiger charge is 2.37. The summed E-state index contributed by atoms with van der Waals surface area (Å²) < 4.78 is 74.3. The molecule has 0 aliphatic carbocycles. The first kappa shape index (κ1) is 14.2. The molecule has 1 atom stereocenters. The molecule has 0 fully saturated rings. The lowest BCUT2D eigenvalue weighted by molar-refractivity contribution is -0.143. The number of rotatable bonds is 1. The van der Waals surface area contributed by atoms with E-state index in [4.69, 9.17) is 11.6 Å². The van der Waals surface area contributed by atoms with Crippen LogP contribution in [-0.2, 0) is 12.4 Å². The third kappa shape index (κ3) is 3.52. The highest BCUT2D eigenvalue weighted by atomic mass is 35.5.